The molecule has 74 valence electrons. The zero-order valence-electron chi connectivity index (χ0n) is 8.00. The summed E-state index contributed by atoms with van der Waals surface area (Å²) in [4.78, 5) is 3.99. The topological polar surface area (TPSA) is 48.8 Å². The lowest BCUT2D eigenvalue weighted by atomic mass is 10.4. The van der Waals surface area contributed by atoms with Crippen molar-refractivity contribution in [3.05, 3.63) is 42.7 Å². The lowest BCUT2D eigenvalue weighted by molar-refractivity contribution is 0.564. The number of rotatable bonds is 4. The Morgan fingerprint density at radius 2 is 2.21 bits per heavy atom. The minimum absolute atomic E-state index is 0.594. The standard InChI is InChI=1S/C10H14N4/c11-8-10-2-1-4-14(10)7-6-13-5-3-12-9-13/h1-5,9H,6-8,11H2. The molecule has 0 amide bonds. The summed E-state index contributed by atoms with van der Waals surface area (Å²) in [7, 11) is 0. The summed E-state index contributed by atoms with van der Waals surface area (Å²) in [6.45, 7) is 2.47. The Kier molecular flexibility index (Phi) is 2.65. The number of hydrogen-bond donors (Lipinski definition) is 1. The molecule has 0 radical (unpaired) electrons. The molecular weight excluding hydrogens is 176 g/mol. The first-order valence-electron chi connectivity index (χ1n) is 4.70. The third kappa shape index (κ3) is 1.85. The molecule has 0 aliphatic rings. The summed E-state index contributed by atoms with van der Waals surface area (Å²) in [5.41, 5.74) is 6.78. The Labute approximate surface area is 83.0 Å². The molecule has 0 fully saturated rings. The van der Waals surface area contributed by atoms with Crippen LogP contribution in [-0.2, 0) is 19.6 Å². The Morgan fingerprint density at radius 3 is 2.93 bits per heavy atom. The van der Waals surface area contributed by atoms with E-state index in [0.717, 1.165) is 13.1 Å². The van der Waals surface area contributed by atoms with Gasteiger partial charge in [-0.3, -0.25) is 0 Å². The third-order valence-corrected chi connectivity index (χ3v) is 2.29. The Bertz CT molecular complexity index is 374. The largest absolute Gasteiger partial charge is 0.348 e. The minimum Gasteiger partial charge on any atom is -0.348 e. The van der Waals surface area contributed by atoms with Crippen molar-refractivity contribution in [2.45, 2.75) is 19.6 Å². The number of aromatic nitrogens is 3. The van der Waals surface area contributed by atoms with Crippen LogP contribution in [0, 0.1) is 0 Å². The predicted octanol–water partition coefficient (Wildman–Crippen LogP) is 0.843. The van der Waals surface area contributed by atoms with Crippen LogP contribution in [0.15, 0.2) is 37.1 Å². The molecule has 2 heterocycles. The van der Waals surface area contributed by atoms with E-state index in [1.54, 1.807) is 6.20 Å². The summed E-state index contributed by atoms with van der Waals surface area (Å²) >= 11 is 0. The molecule has 0 unspecified atom stereocenters. The lowest BCUT2D eigenvalue weighted by Crippen LogP contribution is -2.10. The highest BCUT2D eigenvalue weighted by molar-refractivity contribution is 5.06. The van der Waals surface area contributed by atoms with Crippen LogP contribution in [0.1, 0.15) is 5.69 Å². The van der Waals surface area contributed by atoms with Crippen LogP contribution < -0.4 is 5.73 Å². The molecule has 0 atom stereocenters. The number of nitrogens with two attached hydrogens (primary N) is 1. The van der Waals surface area contributed by atoms with E-state index in [9.17, 15) is 0 Å². The first-order chi connectivity index (χ1) is 6.90. The smallest absolute Gasteiger partial charge is 0.0946 e. The van der Waals surface area contributed by atoms with Crippen molar-refractivity contribution in [2.24, 2.45) is 5.73 Å². The normalized spacial score (nSPS) is 10.6. The molecule has 2 aromatic rings. The summed E-state index contributed by atoms with van der Waals surface area (Å²) < 4.78 is 4.22. The van der Waals surface area contributed by atoms with Gasteiger partial charge in [-0.05, 0) is 12.1 Å². The van der Waals surface area contributed by atoms with Crippen molar-refractivity contribution in [3.8, 4) is 0 Å². The summed E-state index contributed by atoms with van der Waals surface area (Å²) in [6.07, 6.45) is 7.63. The number of hydrogen-bond acceptors (Lipinski definition) is 2. The van der Waals surface area contributed by atoms with Crippen LogP contribution >= 0.6 is 0 Å². The number of nitrogens with zero attached hydrogens (tertiary/aromatic N) is 3. The average molecular weight is 190 g/mol. The van der Waals surface area contributed by atoms with Gasteiger partial charge in [0.25, 0.3) is 0 Å². The lowest BCUT2D eigenvalue weighted by Gasteiger charge is -2.07. The molecule has 2 aromatic heterocycles. The fourth-order valence-electron chi connectivity index (χ4n) is 1.50. The van der Waals surface area contributed by atoms with E-state index in [0.29, 0.717) is 6.54 Å². The monoisotopic (exact) mass is 190 g/mol. The maximum atomic E-state index is 5.60. The Hall–Kier alpha value is -1.55. The Morgan fingerprint density at radius 1 is 1.29 bits per heavy atom. The van der Waals surface area contributed by atoms with Gasteiger partial charge in [0, 0.05) is 43.9 Å². The zero-order chi connectivity index (χ0) is 9.80. The third-order valence-electron chi connectivity index (χ3n) is 2.29. The number of aryl methyl sites for hydroxylation is 2. The van der Waals surface area contributed by atoms with E-state index in [-0.39, 0.29) is 0 Å². The molecule has 0 aromatic carbocycles. The summed E-state index contributed by atoms with van der Waals surface area (Å²) in [5.74, 6) is 0. The fraction of sp³-hybridized carbons (Fsp3) is 0.300. The van der Waals surface area contributed by atoms with Crippen LogP contribution in [0.25, 0.3) is 0 Å². The van der Waals surface area contributed by atoms with Crippen LogP contribution in [0.2, 0.25) is 0 Å². The molecule has 0 saturated heterocycles. The van der Waals surface area contributed by atoms with Gasteiger partial charge in [0.1, 0.15) is 0 Å². The van der Waals surface area contributed by atoms with E-state index in [2.05, 4.69) is 20.3 Å². The molecule has 4 nitrogen and oxygen atoms in total. The number of imidazole rings is 1. The quantitative estimate of drug-likeness (QED) is 0.776. The van der Waals surface area contributed by atoms with Crippen LogP contribution in [0.4, 0.5) is 0 Å². The van der Waals surface area contributed by atoms with Gasteiger partial charge in [0.15, 0.2) is 0 Å². The van der Waals surface area contributed by atoms with E-state index in [1.807, 2.05) is 24.7 Å². The van der Waals surface area contributed by atoms with Crippen molar-refractivity contribution in [2.75, 3.05) is 0 Å². The van der Waals surface area contributed by atoms with E-state index in [4.69, 9.17) is 5.73 Å². The summed E-state index contributed by atoms with van der Waals surface area (Å²) in [6, 6.07) is 4.07. The van der Waals surface area contributed by atoms with Crippen molar-refractivity contribution in [1.29, 1.82) is 0 Å². The van der Waals surface area contributed by atoms with Gasteiger partial charge >= 0.3 is 0 Å². The summed E-state index contributed by atoms with van der Waals surface area (Å²) in [5, 5.41) is 0. The molecule has 14 heavy (non-hydrogen) atoms. The second-order valence-corrected chi connectivity index (χ2v) is 3.20. The molecule has 0 bridgehead atoms. The first-order valence-corrected chi connectivity index (χ1v) is 4.70. The average Bonchev–Trinajstić information content (AvgIpc) is 2.85. The maximum Gasteiger partial charge on any atom is 0.0946 e. The molecule has 0 aliphatic heterocycles. The van der Waals surface area contributed by atoms with Gasteiger partial charge in [-0.15, -0.1) is 0 Å². The minimum atomic E-state index is 0.594. The predicted molar refractivity (Wildman–Crippen MR) is 54.6 cm³/mol. The first kappa shape index (κ1) is 9.02. The van der Waals surface area contributed by atoms with E-state index in [1.165, 1.54) is 5.69 Å². The molecular formula is C10H14N4. The Balaban J connectivity index is 1.98. The van der Waals surface area contributed by atoms with Crippen LogP contribution in [-0.4, -0.2) is 14.1 Å². The molecule has 0 aliphatic carbocycles. The van der Waals surface area contributed by atoms with Crippen LogP contribution in [0.3, 0.4) is 0 Å². The van der Waals surface area contributed by atoms with Gasteiger partial charge in [-0.1, -0.05) is 0 Å². The van der Waals surface area contributed by atoms with Gasteiger partial charge in [-0.2, -0.15) is 0 Å². The SMILES string of the molecule is NCc1cccn1CCn1ccnc1. The maximum absolute atomic E-state index is 5.60. The molecule has 2 N–H and O–H groups in total. The highest BCUT2D eigenvalue weighted by Gasteiger charge is 1.97. The second-order valence-electron chi connectivity index (χ2n) is 3.20. The van der Waals surface area contributed by atoms with Crippen molar-refractivity contribution >= 4 is 0 Å². The second kappa shape index (κ2) is 4.11. The highest BCUT2D eigenvalue weighted by atomic mass is 15.1. The van der Waals surface area contributed by atoms with Gasteiger partial charge < -0.3 is 14.9 Å². The van der Waals surface area contributed by atoms with Crippen LogP contribution in [0.5, 0.6) is 0 Å². The van der Waals surface area contributed by atoms with Gasteiger partial charge in [0.05, 0.1) is 6.33 Å². The van der Waals surface area contributed by atoms with E-state index < -0.39 is 0 Å². The zero-order valence-corrected chi connectivity index (χ0v) is 8.00. The molecule has 0 spiro atoms. The van der Waals surface area contributed by atoms with Gasteiger partial charge in [-0.25, -0.2) is 4.98 Å². The molecule has 0 saturated carbocycles. The van der Waals surface area contributed by atoms with Crippen molar-refractivity contribution in [3.63, 3.8) is 0 Å². The molecule has 2 rings (SSSR count). The van der Waals surface area contributed by atoms with Crippen molar-refractivity contribution in [1.82, 2.24) is 14.1 Å². The van der Waals surface area contributed by atoms with Gasteiger partial charge in [0.2, 0.25) is 0 Å². The highest BCUT2D eigenvalue weighted by Crippen LogP contribution is 2.01. The molecule has 4 heteroatoms. The van der Waals surface area contributed by atoms with E-state index >= 15 is 0 Å². The fourth-order valence-corrected chi connectivity index (χ4v) is 1.50. The van der Waals surface area contributed by atoms with Crippen molar-refractivity contribution < 1.29 is 0 Å².